The maximum Gasteiger partial charge on any atom is 0.420 e. The molecule has 1 unspecified atom stereocenters. The Labute approximate surface area is 205 Å². The van der Waals surface area contributed by atoms with Crippen LogP contribution in [-0.4, -0.2) is 11.9 Å². The molecule has 4 nitrogen and oxygen atoms in total. The summed E-state index contributed by atoms with van der Waals surface area (Å²) < 4.78 is 168. The minimum atomic E-state index is -5.50. The van der Waals surface area contributed by atoms with E-state index in [0.717, 1.165) is 6.92 Å². The molecule has 2 rings (SSSR count). The van der Waals surface area contributed by atoms with Crippen molar-refractivity contribution in [3.05, 3.63) is 57.6 Å². The predicted molar refractivity (Wildman–Crippen MR) is 103 cm³/mol. The minimum absolute atomic E-state index is 0.193. The van der Waals surface area contributed by atoms with Gasteiger partial charge >= 0.3 is 36.6 Å². The van der Waals surface area contributed by atoms with E-state index in [1.807, 2.05) is 0 Å². The summed E-state index contributed by atoms with van der Waals surface area (Å²) in [5, 5.41) is 0. The van der Waals surface area contributed by atoms with E-state index >= 15 is 0 Å². The van der Waals surface area contributed by atoms with Crippen molar-refractivity contribution in [1.29, 1.82) is 0 Å². The maximum absolute atomic E-state index is 13.4. The lowest BCUT2D eigenvalue weighted by molar-refractivity contribution is -0.154. The van der Waals surface area contributed by atoms with E-state index in [9.17, 15) is 62.3 Å². The smallest absolute Gasteiger partial charge is 0.420 e. The quantitative estimate of drug-likeness (QED) is 0.165. The molecule has 0 bridgehead atoms. The summed E-state index contributed by atoms with van der Waals surface area (Å²) in [4.78, 5) is 24.6. The second kappa shape index (κ2) is 10.0. The standard InChI is InChI=1S/C22H14F12O4/c1-8-4-12(20(26,27)28)16(13(5-8)21(29,30)31)38-18(36)10(3)17(35)37-15-9(2)6-11(19(23,24)25)7-14(15)22(32,33)34/h4-7,10H,1-3H3. The van der Waals surface area contributed by atoms with Crippen LogP contribution in [0.4, 0.5) is 52.7 Å². The van der Waals surface area contributed by atoms with Crippen molar-refractivity contribution < 1.29 is 71.7 Å². The van der Waals surface area contributed by atoms with Crippen molar-refractivity contribution in [1.82, 2.24) is 0 Å². The first-order chi connectivity index (χ1) is 16.9. The van der Waals surface area contributed by atoms with Gasteiger partial charge in [-0.3, -0.25) is 9.59 Å². The third-order valence-corrected chi connectivity index (χ3v) is 4.86. The zero-order valence-corrected chi connectivity index (χ0v) is 19.1. The highest BCUT2D eigenvalue weighted by Crippen LogP contribution is 2.46. The average Bonchev–Trinajstić information content (AvgIpc) is 2.72. The number of carbonyl (C=O) groups is 2. The molecule has 0 N–H and O–H groups in total. The van der Waals surface area contributed by atoms with Gasteiger partial charge in [-0.15, -0.1) is 0 Å². The normalized spacial score (nSPS) is 13.8. The Morgan fingerprint density at radius 1 is 0.605 bits per heavy atom. The molecule has 0 saturated heterocycles. The summed E-state index contributed by atoms with van der Waals surface area (Å²) in [6.45, 7) is 2.13. The minimum Gasteiger partial charge on any atom is -0.425 e. The molecule has 1 atom stereocenters. The molecule has 0 saturated carbocycles. The van der Waals surface area contributed by atoms with Gasteiger partial charge in [-0.1, -0.05) is 0 Å². The highest BCUT2D eigenvalue weighted by molar-refractivity contribution is 5.96. The fraction of sp³-hybridized carbons (Fsp3) is 0.364. The second-order valence-electron chi connectivity index (χ2n) is 7.91. The van der Waals surface area contributed by atoms with Crippen LogP contribution in [-0.2, 0) is 34.3 Å². The summed E-state index contributed by atoms with van der Waals surface area (Å²) in [5.74, 6) is -9.92. The lowest BCUT2D eigenvalue weighted by atomic mass is 10.0. The Morgan fingerprint density at radius 2 is 0.974 bits per heavy atom. The van der Waals surface area contributed by atoms with Crippen molar-refractivity contribution >= 4 is 11.9 Å². The SMILES string of the molecule is Cc1cc(C(F)(F)F)c(OC(=O)C(C)C(=O)Oc2c(C)cc(C(F)(F)F)cc2C(F)(F)F)c(C(F)(F)F)c1. The largest absolute Gasteiger partial charge is 0.425 e. The molecule has 0 aliphatic heterocycles. The molecule has 0 aliphatic rings. The van der Waals surface area contributed by atoms with Crippen LogP contribution < -0.4 is 9.47 Å². The number of rotatable bonds is 4. The summed E-state index contributed by atoms with van der Waals surface area (Å²) >= 11 is 0. The van der Waals surface area contributed by atoms with E-state index in [0.29, 0.717) is 13.8 Å². The molecular formula is C22H14F12O4. The molecule has 0 aromatic heterocycles. The maximum atomic E-state index is 13.4. The van der Waals surface area contributed by atoms with Gasteiger partial charge < -0.3 is 9.47 Å². The lowest BCUT2D eigenvalue weighted by Crippen LogP contribution is -2.31. The highest BCUT2D eigenvalue weighted by atomic mass is 19.4. The number of aryl methyl sites for hydroxylation is 2. The molecule has 16 heteroatoms. The number of benzene rings is 2. The topological polar surface area (TPSA) is 52.6 Å². The lowest BCUT2D eigenvalue weighted by Gasteiger charge is -2.21. The molecule has 210 valence electrons. The third kappa shape index (κ3) is 6.89. The van der Waals surface area contributed by atoms with Gasteiger partial charge in [-0.2, -0.15) is 52.7 Å². The van der Waals surface area contributed by atoms with Crippen molar-refractivity contribution in [3.63, 3.8) is 0 Å². The summed E-state index contributed by atoms with van der Waals surface area (Å²) in [6, 6.07) is 0.262. The van der Waals surface area contributed by atoms with E-state index in [1.54, 1.807) is 0 Å². The van der Waals surface area contributed by atoms with Crippen LogP contribution in [0.3, 0.4) is 0 Å². The van der Waals surface area contributed by atoms with Crippen molar-refractivity contribution in [3.8, 4) is 11.5 Å². The van der Waals surface area contributed by atoms with E-state index in [-0.39, 0.29) is 24.3 Å². The first-order valence-corrected chi connectivity index (χ1v) is 9.96. The zero-order valence-electron chi connectivity index (χ0n) is 19.1. The molecule has 2 aromatic rings. The van der Waals surface area contributed by atoms with Gasteiger partial charge in [-0.05, 0) is 56.2 Å². The summed E-state index contributed by atoms with van der Waals surface area (Å²) in [5.41, 5.74) is -9.27. The van der Waals surface area contributed by atoms with E-state index in [1.165, 1.54) is 0 Å². The molecular weight excluding hydrogens is 556 g/mol. The number of hydrogen-bond donors (Lipinski definition) is 0. The molecule has 0 spiro atoms. The first-order valence-electron chi connectivity index (χ1n) is 9.96. The number of esters is 2. The molecule has 0 fully saturated rings. The van der Waals surface area contributed by atoms with Crippen molar-refractivity contribution in [2.75, 3.05) is 0 Å². The number of halogens is 12. The summed E-state index contributed by atoms with van der Waals surface area (Å²) in [7, 11) is 0. The van der Waals surface area contributed by atoms with Crippen LogP contribution in [0, 0.1) is 19.8 Å². The van der Waals surface area contributed by atoms with Gasteiger partial charge in [0.1, 0.15) is 5.75 Å². The van der Waals surface area contributed by atoms with Crippen LogP contribution >= 0.6 is 0 Å². The number of hydrogen-bond acceptors (Lipinski definition) is 4. The van der Waals surface area contributed by atoms with Crippen LogP contribution in [0.5, 0.6) is 11.5 Å². The van der Waals surface area contributed by atoms with Crippen LogP contribution in [0.1, 0.15) is 40.3 Å². The van der Waals surface area contributed by atoms with Crippen LogP contribution in [0.2, 0.25) is 0 Å². The monoisotopic (exact) mass is 570 g/mol. The van der Waals surface area contributed by atoms with E-state index < -0.39 is 87.4 Å². The fourth-order valence-electron chi connectivity index (χ4n) is 3.06. The van der Waals surface area contributed by atoms with E-state index in [2.05, 4.69) is 9.47 Å². The van der Waals surface area contributed by atoms with Gasteiger partial charge in [0, 0.05) is 0 Å². The Bertz CT molecular complexity index is 1200. The molecule has 0 aliphatic carbocycles. The van der Waals surface area contributed by atoms with Crippen molar-refractivity contribution in [2.45, 2.75) is 45.5 Å². The predicted octanol–water partition coefficient (Wildman–Crippen LogP) is 7.53. The summed E-state index contributed by atoms with van der Waals surface area (Å²) in [6.07, 6.45) is -21.7. The van der Waals surface area contributed by atoms with Gasteiger partial charge in [0.2, 0.25) is 0 Å². The van der Waals surface area contributed by atoms with Gasteiger partial charge in [0.15, 0.2) is 11.7 Å². The van der Waals surface area contributed by atoms with Gasteiger partial charge in [0.05, 0.1) is 22.3 Å². The fourth-order valence-corrected chi connectivity index (χ4v) is 3.06. The van der Waals surface area contributed by atoms with Gasteiger partial charge in [0.25, 0.3) is 0 Å². The Hall–Kier alpha value is -3.46. The number of carbonyl (C=O) groups excluding carboxylic acids is 2. The Balaban J connectivity index is 2.48. The van der Waals surface area contributed by atoms with Gasteiger partial charge in [-0.25, -0.2) is 0 Å². The van der Waals surface area contributed by atoms with Crippen molar-refractivity contribution in [2.24, 2.45) is 5.92 Å². The molecule has 0 amide bonds. The molecule has 0 radical (unpaired) electrons. The van der Waals surface area contributed by atoms with E-state index in [4.69, 9.17) is 0 Å². The highest BCUT2D eigenvalue weighted by Gasteiger charge is 2.45. The molecule has 2 aromatic carbocycles. The first kappa shape index (κ1) is 30.8. The Morgan fingerprint density at radius 3 is 1.34 bits per heavy atom. The molecule has 38 heavy (non-hydrogen) atoms. The number of alkyl halides is 12. The average molecular weight is 570 g/mol. The van der Waals surface area contributed by atoms with Crippen LogP contribution in [0.25, 0.3) is 0 Å². The third-order valence-electron chi connectivity index (χ3n) is 4.86. The number of ether oxygens (including phenoxy) is 2. The second-order valence-corrected chi connectivity index (χ2v) is 7.91. The Kier molecular flexibility index (Phi) is 8.11. The van der Waals surface area contributed by atoms with Crippen LogP contribution in [0.15, 0.2) is 24.3 Å². The molecule has 0 heterocycles. The zero-order chi connectivity index (χ0) is 29.6.